The summed E-state index contributed by atoms with van der Waals surface area (Å²) in [6, 6.07) is 15.7. The van der Waals surface area contributed by atoms with Crippen LogP contribution in [-0.2, 0) is 22.4 Å². The van der Waals surface area contributed by atoms with Crippen LogP contribution >= 0.6 is 0 Å². The lowest BCUT2D eigenvalue weighted by molar-refractivity contribution is -0.123. The SMILES string of the molecule is CC(C)(C)OC(=O)N[C@@H](Cc1ccc(O)c(C#N)c1)C(=O)NCCCCc1ccccc1. The molecular weight excluding hydrogens is 406 g/mol. The van der Waals surface area contributed by atoms with Crippen molar-refractivity contribution in [1.82, 2.24) is 10.6 Å². The number of rotatable bonds is 9. The Morgan fingerprint density at radius 3 is 2.47 bits per heavy atom. The summed E-state index contributed by atoms with van der Waals surface area (Å²) in [5, 5.41) is 24.3. The molecule has 0 aliphatic heterocycles. The maximum absolute atomic E-state index is 12.8. The van der Waals surface area contributed by atoms with Crippen LogP contribution in [0.3, 0.4) is 0 Å². The molecule has 3 N–H and O–H groups in total. The monoisotopic (exact) mass is 437 g/mol. The number of nitrogens with one attached hydrogen (secondary N) is 2. The quantitative estimate of drug-likeness (QED) is 0.516. The van der Waals surface area contributed by atoms with E-state index >= 15 is 0 Å². The predicted molar refractivity (Wildman–Crippen MR) is 122 cm³/mol. The van der Waals surface area contributed by atoms with Gasteiger partial charge in [0.15, 0.2) is 0 Å². The first-order valence-corrected chi connectivity index (χ1v) is 10.7. The summed E-state index contributed by atoms with van der Waals surface area (Å²) in [5.74, 6) is -0.460. The van der Waals surface area contributed by atoms with Gasteiger partial charge in [0, 0.05) is 13.0 Å². The second-order valence-corrected chi connectivity index (χ2v) is 8.60. The van der Waals surface area contributed by atoms with Crippen LogP contribution in [0.5, 0.6) is 5.75 Å². The third kappa shape index (κ3) is 8.68. The molecule has 2 aromatic rings. The molecule has 0 spiro atoms. The summed E-state index contributed by atoms with van der Waals surface area (Å²) in [6.07, 6.45) is 2.13. The summed E-state index contributed by atoms with van der Waals surface area (Å²) in [6.45, 7) is 5.71. The molecular formula is C25H31N3O4. The lowest BCUT2D eigenvalue weighted by Crippen LogP contribution is -2.49. The van der Waals surface area contributed by atoms with Gasteiger partial charge in [0.25, 0.3) is 0 Å². The van der Waals surface area contributed by atoms with Crippen molar-refractivity contribution < 1.29 is 19.4 Å². The average Bonchev–Trinajstić information content (AvgIpc) is 2.73. The molecule has 2 amide bonds. The van der Waals surface area contributed by atoms with E-state index in [2.05, 4.69) is 22.8 Å². The van der Waals surface area contributed by atoms with E-state index in [1.807, 2.05) is 24.3 Å². The van der Waals surface area contributed by atoms with E-state index in [0.717, 1.165) is 19.3 Å². The second kappa shape index (κ2) is 11.8. The molecule has 0 aliphatic carbocycles. The topological polar surface area (TPSA) is 111 Å². The van der Waals surface area contributed by atoms with Gasteiger partial charge in [-0.3, -0.25) is 4.79 Å². The molecule has 0 saturated carbocycles. The van der Waals surface area contributed by atoms with Crippen LogP contribution in [0.15, 0.2) is 48.5 Å². The molecule has 2 rings (SSSR count). The van der Waals surface area contributed by atoms with Crippen molar-refractivity contribution in [2.45, 2.75) is 58.1 Å². The third-order valence-electron chi connectivity index (χ3n) is 4.66. The summed E-state index contributed by atoms with van der Waals surface area (Å²) in [4.78, 5) is 25.1. The number of phenolic OH excluding ortho intramolecular Hbond substituents is 1. The van der Waals surface area contributed by atoms with E-state index in [1.54, 1.807) is 26.8 Å². The minimum absolute atomic E-state index is 0.111. The standard InChI is InChI=1S/C25H31N3O4/c1-25(2,3)32-24(31)28-21(16-19-12-13-22(29)20(15-19)17-26)23(30)27-14-8-7-11-18-9-5-4-6-10-18/h4-6,9-10,12-13,15,21,29H,7-8,11,14,16H2,1-3H3,(H,27,30)(H,28,31)/t21-/m0/s1. The van der Waals surface area contributed by atoms with Crippen molar-refractivity contribution in [2.75, 3.05) is 6.54 Å². The van der Waals surface area contributed by atoms with Gasteiger partial charge >= 0.3 is 6.09 Å². The number of aromatic hydroxyl groups is 1. The largest absolute Gasteiger partial charge is 0.507 e. The molecule has 0 heterocycles. The summed E-state index contributed by atoms with van der Waals surface area (Å²) < 4.78 is 5.29. The molecule has 1 atom stereocenters. The number of unbranched alkanes of at least 4 members (excludes halogenated alkanes) is 1. The number of carbonyl (C=O) groups is 2. The second-order valence-electron chi connectivity index (χ2n) is 8.60. The molecule has 0 saturated heterocycles. The number of nitrogens with zero attached hydrogens (tertiary/aromatic N) is 1. The van der Waals surface area contributed by atoms with Gasteiger partial charge in [0.2, 0.25) is 5.91 Å². The van der Waals surface area contributed by atoms with Gasteiger partial charge < -0.3 is 20.5 Å². The van der Waals surface area contributed by atoms with Crippen LogP contribution in [0.25, 0.3) is 0 Å². The highest BCUT2D eigenvalue weighted by atomic mass is 16.6. The zero-order chi connectivity index (χ0) is 23.6. The molecule has 0 fully saturated rings. The van der Waals surface area contributed by atoms with Gasteiger partial charge in [-0.2, -0.15) is 5.26 Å². The average molecular weight is 438 g/mol. The van der Waals surface area contributed by atoms with Crippen molar-refractivity contribution in [2.24, 2.45) is 0 Å². The van der Waals surface area contributed by atoms with Gasteiger partial charge in [-0.05, 0) is 63.3 Å². The van der Waals surface area contributed by atoms with Crippen molar-refractivity contribution >= 4 is 12.0 Å². The molecule has 32 heavy (non-hydrogen) atoms. The first-order valence-electron chi connectivity index (χ1n) is 10.7. The fourth-order valence-electron chi connectivity index (χ4n) is 3.13. The van der Waals surface area contributed by atoms with E-state index < -0.39 is 17.7 Å². The molecule has 0 bridgehead atoms. The summed E-state index contributed by atoms with van der Waals surface area (Å²) in [5.41, 5.74) is 1.30. The number of hydrogen-bond donors (Lipinski definition) is 3. The lowest BCUT2D eigenvalue weighted by Gasteiger charge is -2.23. The lowest BCUT2D eigenvalue weighted by atomic mass is 10.0. The Labute approximate surface area is 189 Å². The Bertz CT molecular complexity index is 946. The minimum atomic E-state index is -0.880. The van der Waals surface area contributed by atoms with Crippen LogP contribution in [0.4, 0.5) is 4.79 Å². The number of carbonyl (C=O) groups excluding carboxylic acids is 2. The normalized spacial score (nSPS) is 11.8. The number of amides is 2. The smallest absolute Gasteiger partial charge is 0.408 e. The predicted octanol–water partition coefficient (Wildman–Crippen LogP) is 3.84. The highest BCUT2D eigenvalue weighted by Crippen LogP contribution is 2.18. The fourth-order valence-corrected chi connectivity index (χ4v) is 3.13. The van der Waals surface area contributed by atoms with Crippen molar-refractivity contribution in [3.8, 4) is 11.8 Å². The van der Waals surface area contributed by atoms with Gasteiger partial charge in [-0.15, -0.1) is 0 Å². The Balaban J connectivity index is 1.96. The Hall–Kier alpha value is -3.53. The van der Waals surface area contributed by atoms with Crippen LogP contribution < -0.4 is 10.6 Å². The van der Waals surface area contributed by atoms with Gasteiger partial charge in [-0.25, -0.2) is 4.79 Å². The maximum Gasteiger partial charge on any atom is 0.408 e. The van der Waals surface area contributed by atoms with E-state index in [0.29, 0.717) is 12.1 Å². The van der Waals surface area contributed by atoms with Crippen molar-refractivity contribution in [3.63, 3.8) is 0 Å². The third-order valence-corrected chi connectivity index (χ3v) is 4.66. The summed E-state index contributed by atoms with van der Waals surface area (Å²) >= 11 is 0. The van der Waals surface area contributed by atoms with E-state index in [-0.39, 0.29) is 23.6 Å². The Morgan fingerprint density at radius 1 is 1.09 bits per heavy atom. The number of benzene rings is 2. The number of alkyl carbamates (subject to hydrolysis) is 1. The molecule has 0 aliphatic rings. The highest BCUT2D eigenvalue weighted by Gasteiger charge is 2.24. The van der Waals surface area contributed by atoms with Crippen LogP contribution in [0, 0.1) is 11.3 Å². The molecule has 0 aromatic heterocycles. The first kappa shape index (κ1) is 24.7. The van der Waals surface area contributed by atoms with E-state index in [1.165, 1.54) is 17.7 Å². The fraction of sp³-hybridized carbons (Fsp3) is 0.400. The van der Waals surface area contributed by atoms with Gasteiger partial charge in [-0.1, -0.05) is 36.4 Å². The zero-order valence-corrected chi connectivity index (χ0v) is 18.9. The minimum Gasteiger partial charge on any atom is -0.507 e. The van der Waals surface area contributed by atoms with Crippen LogP contribution in [-0.4, -0.2) is 35.3 Å². The molecule has 0 radical (unpaired) electrons. The number of hydrogen-bond acceptors (Lipinski definition) is 5. The highest BCUT2D eigenvalue weighted by molar-refractivity contribution is 5.86. The molecule has 170 valence electrons. The molecule has 0 unspecified atom stereocenters. The number of aryl methyl sites for hydroxylation is 1. The Morgan fingerprint density at radius 2 is 1.81 bits per heavy atom. The van der Waals surface area contributed by atoms with Crippen LogP contribution in [0.1, 0.15) is 50.3 Å². The maximum atomic E-state index is 12.8. The zero-order valence-electron chi connectivity index (χ0n) is 18.9. The summed E-state index contributed by atoms with van der Waals surface area (Å²) in [7, 11) is 0. The molecule has 2 aromatic carbocycles. The van der Waals surface area contributed by atoms with Crippen molar-refractivity contribution in [1.29, 1.82) is 5.26 Å². The Kier molecular flexibility index (Phi) is 9.08. The van der Waals surface area contributed by atoms with Gasteiger partial charge in [0.1, 0.15) is 23.5 Å². The van der Waals surface area contributed by atoms with Crippen molar-refractivity contribution in [3.05, 3.63) is 65.2 Å². The number of nitriles is 1. The van der Waals surface area contributed by atoms with Crippen LogP contribution in [0.2, 0.25) is 0 Å². The van der Waals surface area contributed by atoms with E-state index in [4.69, 9.17) is 10.00 Å². The first-order chi connectivity index (χ1) is 15.2. The molecule has 7 nitrogen and oxygen atoms in total. The van der Waals surface area contributed by atoms with Gasteiger partial charge in [0.05, 0.1) is 5.56 Å². The molecule has 7 heteroatoms. The van der Waals surface area contributed by atoms with E-state index in [9.17, 15) is 14.7 Å². The number of ether oxygens (including phenoxy) is 1. The number of phenols is 1.